The van der Waals surface area contributed by atoms with Crippen molar-refractivity contribution in [2.24, 2.45) is 0 Å². The number of methoxy groups -OCH3 is 1. The average Bonchev–Trinajstić information content (AvgIpc) is 3.20. The van der Waals surface area contributed by atoms with E-state index in [2.05, 4.69) is 0 Å². The van der Waals surface area contributed by atoms with Gasteiger partial charge in [-0.25, -0.2) is 9.59 Å². The van der Waals surface area contributed by atoms with E-state index in [0.29, 0.717) is 22.4 Å². The van der Waals surface area contributed by atoms with E-state index in [-0.39, 0.29) is 30.1 Å². The van der Waals surface area contributed by atoms with E-state index in [1.54, 1.807) is 42.5 Å². The predicted octanol–water partition coefficient (Wildman–Crippen LogP) is 2.30. The second-order valence-corrected chi connectivity index (χ2v) is 6.88. The molecular formula is C21H16O8. The number of para-hydroxylation sites is 1. The summed E-state index contributed by atoms with van der Waals surface area (Å²) < 4.78 is 26.7. The summed E-state index contributed by atoms with van der Waals surface area (Å²) in [6.07, 6.45) is -0.227. The summed E-state index contributed by atoms with van der Waals surface area (Å²) in [6.45, 7) is 0.0992. The fraction of sp³-hybridized carbons (Fsp3) is 0.238. The second kappa shape index (κ2) is 6.25. The van der Waals surface area contributed by atoms with Crippen LogP contribution in [0.25, 0.3) is 11.0 Å². The molecule has 2 aromatic carbocycles. The number of esters is 1. The Bertz CT molecular complexity index is 1200. The molecule has 0 amide bonds. The van der Waals surface area contributed by atoms with E-state index in [1.165, 1.54) is 0 Å². The number of ether oxygens (including phenoxy) is 4. The number of carbonyl (C=O) groups is 1. The maximum Gasteiger partial charge on any atom is 0.379 e. The molecule has 0 radical (unpaired) electrons. The van der Waals surface area contributed by atoms with E-state index in [4.69, 9.17) is 23.4 Å². The number of benzene rings is 2. The third kappa shape index (κ3) is 2.64. The van der Waals surface area contributed by atoms with Gasteiger partial charge in [-0.2, -0.15) is 0 Å². The summed E-state index contributed by atoms with van der Waals surface area (Å²) >= 11 is 0. The van der Waals surface area contributed by atoms with Crippen molar-refractivity contribution in [1.82, 2.24) is 0 Å². The molecule has 2 unspecified atom stereocenters. The van der Waals surface area contributed by atoms with Crippen molar-refractivity contribution in [3.8, 4) is 17.2 Å². The highest BCUT2D eigenvalue weighted by atomic mass is 16.7. The van der Waals surface area contributed by atoms with Gasteiger partial charge in [0.25, 0.3) is 0 Å². The molecule has 0 fully saturated rings. The lowest BCUT2D eigenvalue weighted by Gasteiger charge is -2.36. The molecule has 1 N–H and O–H groups in total. The van der Waals surface area contributed by atoms with E-state index >= 15 is 0 Å². The molecule has 3 heterocycles. The molecular weight excluding hydrogens is 380 g/mol. The molecule has 5 rings (SSSR count). The molecule has 8 heteroatoms. The van der Waals surface area contributed by atoms with Gasteiger partial charge in [0.15, 0.2) is 11.5 Å². The van der Waals surface area contributed by atoms with Crippen LogP contribution in [0.2, 0.25) is 0 Å². The maximum absolute atomic E-state index is 12.8. The Morgan fingerprint density at radius 3 is 2.79 bits per heavy atom. The van der Waals surface area contributed by atoms with Gasteiger partial charge >= 0.3 is 17.4 Å². The van der Waals surface area contributed by atoms with Gasteiger partial charge in [0.05, 0.1) is 18.1 Å². The topological polar surface area (TPSA) is 104 Å². The van der Waals surface area contributed by atoms with E-state index < -0.39 is 23.3 Å². The van der Waals surface area contributed by atoms with Crippen LogP contribution in [0.5, 0.6) is 17.2 Å². The summed E-state index contributed by atoms with van der Waals surface area (Å²) in [5.41, 5.74) is 0.544. The van der Waals surface area contributed by atoms with Crippen LogP contribution < -0.4 is 19.8 Å². The van der Waals surface area contributed by atoms with Gasteiger partial charge in [-0.05, 0) is 29.8 Å². The highest BCUT2D eigenvalue weighted by Gasteiger charge is 2.49. The third-order valence-electron chi connectivity index (χ3n) is 5.20. The summed E-state index contributed by atoms with van der Waals surface area (Å²) in [5, 5.41) is 11.4. The number of aliphatic hydroxyl groups is 1. The predicted molar refractivity (Wildman–Crippen MR) is 99.1 cm³/mol. The fourth-order valence-corrected chi connectivity index (χ4v) is 3.83. The normalized spacial score (nSPS) is 22.1. The number of rotatable bonds is 2. The lowest BCUT2D eigenvalue weighted by atomic mass is 9.83. The second-order valence-electron chi connectivity index (χ2n) is 6.88. The first kappa shape index (κ1) is 17.6. The molecule has 148 valence electrons. The third-order valence-corrected chi connectivity index (χ3v) is 5.20. The monoisotopic (exact) mass is 396 g/mol. The Morgan fingerprint density at radius 1 is 1.17 bits per heavy atom. The lowest BCUT2D eigenvalue weighted by molar-refractivity contribution is -0.202. The van der Waals surface area contributed by atoms with Crippen molar-refractivity contribution in [2.75, 3.05) is 13.9 Å². The van der Waals surface area contributed by atoms with Crippen molar-refractivity contribution < 1.29 is 33.3 Å². The van der Waals surface area contributed by atoms with Gasteiger partial charge < -0.3 is 28.5 Å². The van der Waals surface area contributed by atoms with Gasteiger partial charge in [0.2, 0.25) is 6.79 Å². The van der Waals surface area contributed by atoms with Gasteiger partial charge in [0, 0.05) is 12.3 Å². The Kier molecular flexibility index (Phi) is 3.78. The van der Waals surface area contributed by atoms with E-state index in [1.807, 2.05) is 0 Å². The molecule has 0 saturated heterocycles. The summed E-state index contributed by atoms with van der Waals surface area (Å²) in [5.74, 6) is -2.72. The van der Waals surface area contributed by atoms with Crippen LogP contribution >= 0.6 is 0 Å². The molecule has 0 spiro atoms. The van der Waals surface area contributed by atoms with Gasteiger partial charge in [-0.3, -0.25) is 0 Å². The first-order valence-corrected chi connectivity index (χ1v) is 8.95. The highest BCUT2D eigenvalue weighted by Crippen LogP contribution is 2.47. The van der Waals surface area contributed by atoms with Crippen LogP contribution in [-0.2, 0) is 9.53 Å². The van der Waals surface area contributed by atoms with E-state index in [0.717, 1.165) is 7.11 Å². The zero-order valence-electron chi connectivity index (χ0n) is 15.3. The molecule has 0 aliphatic carbocycles. The minimum Gasteiger partial charge on any atom is -0.464 e. The number of fused-ring (bicyclic) bond motifs is 4. The Labute approximate surface area is 164 Å². The standard InChI is InChI=1S/C21H16O8/c1-25-20(23)21(24)9-13(11-6-7-15-16(8-11)27-10-26-15)17-18(29-21)12-4-2-3-5-14(12)28-19(17)22/h2-8,13,24H,9-10H2,1H3. The molecule has 2 atom stereocenters. The Hall–Kier alpha value is -3.52. The van der Waals surface area contributed by atoms with Crippen LogP contribution in [-0.4, -0.2) is 30.8 Å². The van der Waals surface area contributed by atoms with Crippen molar-refractivity contribution in [3.63, 3.8) is 0 Å². The highest BCUT2D eigenvalue weighted by molar-refractivity contribution is 5.87. The molecule has 2 aliphatic rings. The van der Waals surface area contributed by atoms with Crippen LogP contribution in [0, 0.1) is 0 Å². The minimum atomic E-state index is -2.26. The zero-order chi connectivity index (χ0) is 20.2. The minimum absolute atomic E-state index is 0.0960. The number of carbonyl (C=O) groups excluding carboxylic acids is 1. The Morgan fingerprint density at radius 2 is 1.97 bits per heavy atom. The molecule has 8 nitrogen and oxygen atoms in total. The van der Waals surface area contributed by atoms with Crippen molar-refractivity contribution >= 4 is 16.9 Å². The molecule has 2 aliphatic heterocycles. The van der Waals surface area contributed by atoms with Crippen LogP contribution in [0.15, 0.2) is 51.7 Å². The van der Waals surface area contributed by atoms with Crippen LogP contribution in [0.3, 0.4) is 0 Å². The summed E-state index contributed by atoms with van der Waals surface area (Å²) in [6, 6.07) is 11.9. The Balaban J connectivity index is 1.76. The zero-order valence-corrected chi connectivity index (χ0v) is 15.3. The smallest absolute Gasteiger partial charge is 0.379 e. The molecule has 0 saturated carbocycles. The van der Waals surface area contributed by atoms with E-state index in [9.17, 15) is 14.7 Å². The van der Waals surface area contributed by atoms with Gasteiger partial charge in [-0.15, -0.1) is 0 Å². The average molecular weight is 396 g/mol. The molecule has 0 bridgehead atoms. The maximum atomic E-state index is 12.8. The quantitative estimate of drug-likeness (QED) is 0.520. The fourth-order valence-electron chi connectivity index (χ4n) is 3.83. The largest absolute Gasteiger partial charge is 0.464 e. The van der Waals surface area contributed by atoms with Crippen LogP contribution in [0.4, 0.5) is 0 Å². The first-order chi connectivity index (χ1) is 14.0. The number of hydrogen-bond donors (Lipinski definition) is 1. The number of hydrogen-bond acceptors (Lipinski definition) is 8. The summed E-state index contributed by atoms with van der Waals surface area (Å²) in [7, 11) is 1.16. The van der Waals surface area contributed by atoms with Gasteiger partial charge in [0.1, 0.15) is 11.3 Å². The van der Waals surface area contributed by atoms with Crippen LogP contribution in [0.1, 0.15) is 23.5 Å². The van der Waals surface area contributed by atoms with Crippen molar-refractivity contribution in [1.29, 1.82) is 0 Å². The molecule has 29 heavy (non-hydrogen) atoms. The molecule has 1 aromatic heterocycles. The van der Waals surface area contributed by atoms with Gasteiger partial charge in [-0.1, -0.05) is 18.2 Å². The summed E-state index contributed by atoms with van der Waals surface area (Å²) in [4.78, 5) is 25.2. The lowest BCUT2D eigenvalue weighted by Crippen LogP contribution is -2.50. The van der Waals surface area contributed by atoms with Crippen molar-refractivity contribution in [2.45, 2.75) is 18.1 Å². The SMILES string of the molecule is COC(=O)C1(O)CC(c2ccc3c(c2)OCO3)c2c(c3ccccc3oc2=O)O1. The van der Waals surface area contributed by atoms with Crippen molar-refractivity contribution in [3.05, 3.63) is 64.0 Å². The molecule has 3 aromatic rings. The first-order valence-electron chi connectivity index (χ1n) is 8.95.